The van der Waals surface area contributed by atoms with Crippen molar-refractivity contribution in [3.05, 3.63) is 59.7 Å². The van der Waals surface area contributed by atoms with E-state index in [-0.39, 0.29) is 11.0 Å². The first-order valence-corrected chi connectivity index (χ1v) is 30.8. The molecule has 0 amide bonds. The highest BCUT2D eigenvalue weighted by Gasteiger charge is 2.23. The molecule has 0 N–H and O–H groups in total. The van der Waals surface area contributed by atoms with Crippen molar-refractivity contribution >= 4 is 62.3 Å². The zero-order chi connectivity index (χ0) is 58.1. The van der Waals surface area contributed by atoms with Crippen LogP contribution in [0.2, 0.25) is 0 Å². The fraction of sp³-hybridized carbons (Fsp3) is 0.839. The van der Waals surface area contributed by atoms with Gasteiger partial charge in [-0.15, -0.1) is 53.0 Å². The summed E-state index contributed by atoms with van der Waals surface area (Å²) < 4.78 is 36.2. The molecule has 0 saturated carbocycles. The normalized spacial score (nSPS) is 14.5. The van der Waals surface area contributed by atoms with Crippen molar-refractivity contribution in [3.63, 3.8) is 0 Å². The van der Waals surface area contributed by atoms with Crippen molar-refractivity contribution in [1.82, 2.24) is 0 Å². The van der Waals surface area contributed by atoms with Crippen LogP contribution in [0.3, 0.4) is 0 Å². The van der Waals surface area contributed by atoms with Gasteiger partial charge in [0.1, 0.15) is 6.10 Å². The standard InChI is InChI=1S/C15H23Br.C13H25ClO4.C11H23Cl.C11H22.C7H15ClO2.C5H11ClO/c1-5-13(10-15(2,3)4)14-8-6-12(11-16)7-9-14;1-4-5-16-10-13(15-3)11-18-7-6-17-9-12(2)8-14;1-6-7-11(5,12)9-8-10(2,3)4;1-6-10(3)8-9-11(4,5)7-2;1-7(5-8)6-10-4-3-9-2;1-5(3-6)4-7-2/h6-9,13H,5,10-11H2,1-4H3;4,12-13H,1,5-11H2,2-3H3;6-9H2,1-5H3;8H,6-7,9H2,1-5H3;7H,3-6H2,1-2H3;5H,3-4H2,1-2H3. The second-order valence-corrected chi connectivity index (χ2v) is 25.6. The molecule has 1 aromatic rings. The van der Waals surface area contributed by atoms with Crippen LogP contribution in [0.4, 0.5) is 0 Å². The molecule has 1 aromatic carbocycles. The summed E-state index contributed by atoms with van der Waals surface area (Å²) in [5, 5.41) is 0.948. The first-order valence-electron chi connectivity index (χ1n) is 27.7. The highest BCUT2D eigenvalue weighted by Crippen LogP contribution is 2.34. The third-order valence-corrected chi connectivity index (χ3v) is 14.3. The topological polar surface area (TPSA) is 64.6 Å². The van der Waals surface area contributed by atoms with E-state index in [1.54, 1.807) is 27.4 Å². The molecule has 0 heterocycles. The fourth-order valence-corrected chi connectivity index (χ4v) is 6.99. The second kappa shape index (κ2) is 53.7. The number of ether oxygens (including phenoxy) is 7. The number of benzene rings is 1. The van der Waals surface area contributed by atoms with E-state index in [1.807, 2.05) is 6.92 Å². The van der Waals surface area contributed by atoms with Gasteiger partial charge in [0.05, 0.1) is 59.5 Å². The summed E-state index contributed by atoms with van der Waals surface area (Å²) >= 11 is 26.5. The van der Waals surface area contributed by atoms with Gasteiger partial charge in [-0.3, -0.25) is 0 Å². The lowest BCUT2D eigenvalue weighted by atomic mass is 9.80. The van der Waals surface area contributed by atoms with E-state index in [4.69, 9.17) is 79.6 Å². The largest absolute Gasteiger partial charge is 0.384 e. The van der Waals surface area contributed by atoms with Crippen LogP contribution in [-0.2, 0) is 38.5 Å². The molecule has 7 nitrogen and oxygen atoms in total. The molecule has 0 aliphatic carbocycles. The monoisotopic (exact) mass is 1190 g/mol. The molecular weight excluding hydrogens is 1080 g/mol. The van der Waals surface area contributed by atoms with E-state index in [2.05, 4.69) is 164 Å². The van der Waals surface area contributed by atoms with E-state index in [0.717, 1.165) is 31.4 Å². The van der Waals surface area contributed by atoms with Crippen molar-refractivity contribution in [2.45, 2.75) is 198 Å². The third-order valence-electron chi connectivity index (χ3n) is 11.7. The SMILES string of the molecule is C=CCOCC(COCCOCC(C)CCl)OC.CCC(C)=CCC(C)(C)CC.CCC(CC(C)(C)C)c1ccc(CBr)cc1.CCCC(C)(Cl)CCC(C)(C)C.COCC(C)CCl.COCCOCC(C)CCl. The summed E-state index contributed by atoms with van der Waals surface area (Å²) in [6, 6.07) is 9.04. The Morgan fingerprint density at radius 1 is 0.649 bits per heavy atom. The maximum atomic E-state index is 6.34. The lowest BCUT2D eigenvalue weighted by molar-refractivity contribution is -0.0476. The maximum absolute atomic E-state index is 6.34. The van der Waals surface area contributed by atoms with Crippen molar-refractivity contribution in [1.29, 1.82) is 0 Å². The minimum absolute atomic E-state index is 0.0298. The van der Waals surface area contributed by atoms with Crippen LogP contribution >= 0.6 is 62.3 Å². The molecular formula is C62H119BrCl4O7. The Morgan fingerprint density at radius 3 is 1.50 bits per heavy atom. The van der Waals surface area contributed by atoms with E-state index >= 15 is 0 Å². The van der Waals surface area contributed by atoms with Crippen LogP contribution < -0.4 is 0 Å². The highest BCUT2D eigenvalue weighted by molar-refractivity contribution is 9.08. The summed E-state index contributed by atoms with van der Waals surface area (Å²) in [6.07, 6.45) is 14.9. The maximum Gasteiger partial charge on any atom is 0.104 e. The third kappa shape index (κ3) is 62.9. The van der Waals surface area contributed by atoms with Gasteiger partial charge in [0.2, 0.25) is 0 Å². The molecule has 1 rings (SSSR count). The van der Waals surface area contributed by atoms with Crippen molar-refractivity contribution in [2.75, 3.05) is 105 Å². The Balaban J connectivity index is -0.000000264. The Morgan fingerprint density at radius 2 is 1.14 bits per heavy atom. The van der Waals surface area contributed by atoms with Crippen LogP contribution in [-0.4, -0.2) is 116 Å². The fourth-order valence-electron chi connectivity index (χ4n) is 6.07. The molecule has 444 valence electrons. The van der Waals surface area contributed by atoms with Crippen molar-refractivity contribution in [2.24, 2.45) is 34.0 Å². The summed E-state index contributed by atoms with van der Waals surface area (Å²) in [5.41, 5.74) is 5.69. The number of methoxy groups -OCH3 is 3. The number of alkyl halides is 5. The van der Waals surface area contributed by atoms with Gasteiger partial charge in [0, 0.05) is 55.8 Å². The lowest BCUT2D eigenvalue weighted by Gasteiger charge is -2.26. The molecule has 6 atom stereocenters. The minimum Gasteiger partial charge on any atom is -0.384 e. The van der Waals surface area contributed by atoms with Gasteiger partial charge < -0.3 is 33.2 Å². The molecule has 0 aromatic heterocycles. The Bertz CT molecular complexity index is 1350. The van der Waals surface area contributed by atoms with Crippen LogP contribution in [0.5, 0.6) is 0 Å². The molecule has 0 saturated heterocycles. The van der Waals surface area contributed by atoms with Crippen LogP contribution in [0, 0.1) is 34.0 Å². The van der Waals surface area contributed by atoms with Gasteiger partial charge in [-0.1, -0.05) is 175 Å². The number of hydrogen-bond acceptors (Lipinski definition) is 7. The van der Waals surface area contributed by atoms with E-state index in [9.17, 15) is 0 Å². The summed E-state index contributed by atoms with van der Waals surface area (Å²) in [7, 11) is 4.99. The summed E-state index contributed by atoms with van der Waals surface area (Å²) in [4.78, 5) is 0.0298. The van der Waals surface area contributed by atoms with Gasteiger partial charge in [-0.05, 0) is 110 Å². The number of halogens is 5. The van der Waals surface area contributed by atoms with Gasteiger partial charge >= 0.3 is 0 Å². The molecule has 0 bridgehead atoms. The first-order chi connectivity index (χ1) is 34.6. The van der Waals surface area contributed by atoms with Gasteiger partial charge in [0.15, 0.2) is 0 Å². The Kier molecular flexibility index (Phi) is 60.1. The highest BCUT2D eigenvalue weighted by atomic mass is 79.9. The van der Waals surface area contributed by atoms with Gasteiger partial charge in [0.25, 0.3) is 0 Å². The number of allylic oxidation sites excluding steroid dienone is 2. The summed E-state index contributed by atoms with van der Waals surface area (Å²) in [6.45, 7) is 47.6. The van der Waals surface area contributed by atoms with E-state index < -0.39 is 0 Å². The number of hydrogen-bond donors (Lipinski definition) is 0. The molecule has 0 radical (unpaired) electrons. The average Bonchev–Trinajstić information content (AvgIpc) is 3.36. The molecule has 12 heteroatoms. The van der Waals surface area contributed by atoms with Gasteiger partial charge in [-0.25, -0.2) is 0 Å². The predicted octanol–water partition coefficient (Wildman–Crippen LogP) is 19.4. The molecule has 74 heavy (non-hydrogen) atoms. The van der Waals surface area contributed by atoms with Crippen LogP contribution in [0.25, 0.3) is 0 Å². The van der Waals surface area contributed by atoms with Crippen molar-refractivity contribution in [3.8, 4) is 0 Å². The summed E-state index contributed by atoms with van der Waals surface area (Å²) in [5.74, 6) is 3.98. The predicted molar refractivity (Wildman–Crippen MR) is 334 cm³/mol. The zero-order valence-electron chi connectivity index (χ0n) is 51.6. The Hall–Kier alpha value is 0.0600. The molecule has 0 aliphatic rings. The zero-order valence-corrected chi connectivity index (χ0v) is 56.2. The van der Waals surface area contributed by atoms with Gasteiger partial charge in [-0.2, -0.15) is 0 Å². The smallest absolute Gasteiger partial charge is 0.104 e. The second-order valence-electron chi connectivity index (χ2n) is 23.2. The van der Waals surface area contributed by atoms with E-state index in [0.29, 0.717) is 110 Å². The molecule has 0 aliphatic heterocycles. The quantitative estimate of drug-likeness (QED) is 0.0387. The van der Waals surface area contributed by atoms with E-state index in [1.165, 1.54) is 61.6 Å². The molecule has 0 fully saturated rings. The average molecular weight is 1200 g/mol. The van der Waals surface area contributed by atoms with Crippen LogP contribution in [0.1, 0.15) is 193 Å². The first kappa shape index (κ1) is 82.9. The Labute approximate surface area is 488 Å². The lowest BCUT2D eigenvalue weighted by Crippen LogP contribution is -2.25. The molecule has 6 unspecified atom stereocenters. The number of rotatable bonds is 34. The van der Waals surface area contributed by atoms with Crippen molar-refractivity contribution < 1.29 is 33.2 Å². The molecule has 0 spiro atoms. The minimum atomic E-state index is -0.0493. The van der Waals surface area contributed by atoms with Crippen LogP contribution in [0.15, 0.2) is 48.6 Å².